The molecule has 0 unspecified atom stereocenters. The first kappa shape index (κ1) is 19.4. The number of halogens is 1. The van der Waals surface area contributed by atoms with Crippen molar-refractivity contribution in [3.63, 3.8) is 0 Å². The van der Waals surface area contributed by atoms with Crippen LogP contribution in [-0.2, 0) is 6.54 Å². The molecule has 2 rings (SSSR count). The zero-order valence-corrected chi connectivity index (χ0v) is 16.9. The second kappa shape index (κ2) is 10.1. The standard InChI is InChI=1S/C19H23IN2O3/c1-4-9-25-19-16(20)10-14(11-18(19)24-3)12-21-22-13-15-7-5-6-8-17(15)23-2/h5-8,10-12,22H,4,9,13H2,1-3H3/b21-12-. The van der Waals surface area contributed by atoms with Gasteiger partial charge in [-0.25, -0.2) is 0 Å². The number of hydrazone groups is 1. The van der Waals surface area contributed by atoms with Crippen molar-refractivity contribution >= 4 is 28.8 Å². The summed E-state index contributed by atoms with van der Waals surface area (Å²) in [6.45, 7) is 3.33. The maximum absolute atomic E-state index is 5.77. The summed E-state index contributed by atoms with van der Waals surface area (Å²) < 4.78 is 17.5. The Morgan fingerprint density at radius 1 is 1.12 bits per heavy atom. The molecule has 0 radical (unpaired) electrons. The molecule has 0 fully saturated rings. The van der Waals surface area contributed by atoms with Crippen molar-refractivity contribution < 1.29 is 14.2 Å². The molecular formula is C19H23IN2O3. The number of nitrogens with one attached hydrogen (secondary N) is 1. The average molecular weight is 454 g/mol. The summed E-state index contributed by atoms with van der Waals surface area (Å²) in [4.78, 5) is 0. The molecule has 0 amide bonds. The fourth-order valence-corrected chi connectivity index (χ4v) is 3.04. The van der Waals surface area contributed by atoms with Gasteiger partial charge in [-0.3, -0.25) is 0 Å². The SMILES string of the molecule is CCCOc1c(I)cc(/C=N\NCc2ccccc2OC)cc1OC. The largest absolute Gasteiger partial charge is 0.496 e. The molecule has 0 aliphatic rings. The van der Waals surface area contributed by atoms with Gasteiger partial charge in [-0.05, 0) is 52.8 Å². The molecule has 0 aliphatic heterocycles. The normalized spacial score (nSPS) is 10.7. The van der Waals surface area contributed by atoms with E-state index in [1.807, 2.05) is 36.4 Å². The van der Waals surface area contributed by atoms with Gasteiger partial charge in [-0.15, -0.1) is 0 Å². The molecule has 0 saturated carbocycles. The lowest BCUT2D eigenvalue weighted by molar-refractivity contribution is 0.292. The Morgan fingerprint density at radius 2 is 1.88 bits per heavy atom. The molecule has 0 spiro atoms. The Balaban J connectivity index is 2.04. The zero-order chi connectivity index (χ0) is 18.1. The fraction of sp³-hybridized carbons (Fsp3) is 0.316. The van der Waals surface area contributed by atoms with E-state index < -0.39 is 0 Å². The summed E-state index contributed by atoms with van der Waals surface area (Å²) in [5.74, 6) is 2.34. The molecule has 6 heteroatoms. The Hall–Kier alpha value is -1.96. The van der Waals surface area contributed by atoms with Gasteiger partial charge in [0, 0.05) is 5.56 Å². The lowest BCUT2D eigenvalue weighted by Crippen LogP contribution is -2.07. The van der Waals surface area contributed by atoms with Crippen LogP contribution in [0.3, 0.4) is 0 Å². The van der Waals surface area contributed by atoms with Crippen LogP contribution in [0.4, 0.5) is 0 Å². The van der Waals surface area contributed by atoms with Gasteiger partial charge in [0.2, 0.25) is 0 Å². The third-order valence-corrected chi connectivity index (χ3v) is 4.27. The summed E-state index contributed by atoms with van der Waals surface area (Å²) in [6, 6.07) is 11.8. The van der Waals surface area contributed by atoms with Crippen LogP contribution in [0.1, 0.15) is 24.5 Å². The molecule has 25 heavy (non-hydrogen) atoms. The van der Waals surface area contributed by atoms with Crippen LogP contribution >= 0.6 is 22.6 Å². The minimum absolute atomic E-state index is 0.590. The van der Waals surface area contributed by atoms with Gasteiger partial charge in [0.05, 0.1) is 37.2 Å². The van der Waals surface area contributed by atoms with Crippen molar-refractivity contribution in [1.29, 1.82) is 0 Å². The second-order valence-corrected chi connectivity index (χ2v) is 6.45. The maximum atomic E-state index is 5.77. The lowest BCUT2D eigenvalue weighted by Gasteiger charge is -2.12. The summed E-state index contributed by atoms with van der Waals surface area (Å²) in [6.07, 6.45) is 2.72. The molecular weight excluding hydrogens is 431 g/mol. The quantitative estimate of drug-likeness (QED) is 0.350. The minimum Gasteiger partial charge on any atom is -0.496 e. The van der Waals surface area contributed by atoms with Gasteiger partial charge in [-0.1, -0.05) is 25.1 Å². The molecule has 0 saturated heterocycles. The van der Waals surface area contributed by atoms with Crippen LogP contribution in [0.25, 0.3) is 0 Å². The highest BCUT2D eigenvalue weighted by atomic mass is 127. The summed E-state index contributed by atoms with van der Waals surface area (Å²) in [7, 11) is 3.31. The van der Waals surface area contributed by atoms with Gasteiger partial charge in [0.25, 0.3) is 0 Å². The van der Waals surface area contributed by atoms with Gasteiger partial charge >= 0.3 is 0 Å². The Morgan fingerprint density at radius 3 is 2.60 bits per heavy atom. The van der Waals surface area contributed by atoms with Crippen LogP contribution in [0, 0.1) is 3.57 Å². The van der Waals surface area contributed by atoms with E-state index >= 15 is 0 Å². The van der Waals surface area contributed by atoms with Crippen LogP contribution in [-0.4, -0.2) is 27.0 Å². The van der Waals surface area contributed by atoms with Gasteiger partial charge in [0.15, 0.2) is 11.5 Å². The van der Waals surface area contributed by atoms with E-state index in [1.165, 1.54) is 0 Å². The van der Waals surface area contributed by atoms with E-state index in [-0.39, 0.29) is 0 Å². The van der Waals surface area contributed by atoms with E-state index in [0.29, 0.717) is 18.9 Å². The third kappa shape index (κ3) is 5.52. The molecule has 0 aliphatic carbocycles. The van der Waals surface area contributed by atoms with E-state index in [0.717, 1.165) is 32.6 Å². The first-order valence-corrected chi connectivity index (χ1v) is 9.15. The van der Waals surface area contributed by atoms with Crippen LogP contribution in [0.15, 0.2) is 41.5 Å². The third-order valence-electron chi connectivity index (χ3n) is 3.47. The predicted molar refractivity (Wildman–Crippen MR) is 109 cm³/mol. The molecule has 0 atom stereocenters. The molecule has 5 nitrogen and oxygen atoms in total. The Labute approximate surface area is 162 Å². The van der Waals surface area contributed by atoms with Crippen molar-refractivity contribution in [1.82, 2.24) is 5.43 Å². The van der Waals surface area contributed by atoms with Gasteiger partial charge in [-0.2, -0.15) is 5.10 Å². The molecule has 2 aromatic rings. The fourth-order valence-electron chi connectivity index (χ4n) is 2.26. The summed E-state index contributed by atoms with van der Waals surface area (Å²) >= 11 is 2.25. The number of methoxy groups -OCH3 is 2. The number of ether oxygens (including phenoxy) is 3. The first-order chi connectivity index (χ1) is 12.2. The smallest absolute Gasteiger partial charge is 0.174 e. The Bertz CT molecular complexity index is 720. The molecule has 0 aromatic heterocycles. The molecule has 0 bridgehead atoms. The van der Waals surface area contributed by atoms with Crippen molar-refractivity contribution in [2.24, 2.45) is 5.10 Å². The van der Waals surface area contributed by atoms with E-state index in [9.17, 15) is 0 Å². The molecule has 1 N–H and O–H groups in total. The second-order valence-electron chi connectivity index (χ2n) is 5.29. The number of rotatable bonds is 9. The summed E-state index contributed by atoms with van der Waals surface area (Å²) in [5.41, 5.74) is 5.04. The van der Waals surface area contributed by atoms with Crippen molar-refractivity contribution in [2.75, 3.05) is 20.8 Å². The van der Waals surface area contributed by atoms with Crippen molar-refractivity contribution in [3.05, 3.63) is 51.1 Å². The van der Waals surface area contributed by atoms with Crippen molar-refractivity contribution in [2.45, 2.75) is 19.9 Å². The molecule has 134 valence electrons. The summed E-state index contributed by atoms with van der Waals surface area (Å²) in [5, 5.41) is 4.29. The predicted octanol–water partition coefficient (Wildman–Crippen LogP) is 4.22. The highest BCUT2D eigenvalue weighted by molar-refractivity contribution is 14.1. The number of nitrogens with zero attached hydrogens (tertiary/aromatic N) is 1. The molecule has 0 heterocycles. The number of para-hydroxylation sites is 1. The first-order valence-electron chi connectivity index (χ1n) is 8.07. The van der Waals surface area contributed by atoms with E-state index in [4.69, 9.17) is 14.2 Å². The Kier molecular flexibility index (Phi) is 7.84. The number of hydrogen-bond donors (Lipinski definition) is 1. The minimum atomic E-state index is 0.590. The van der Waals surface area contributed by atoms with E-state index in [2.05, 4.69) is 40.0 Å². The highest BCUT2D eigenvalue weighted by Crippen LogP contribution is 2.33. The maximum Gasteiger partial charge on any atom is 0.174 e. The topological polar surface area (TPSA) is 52.1 Å². The van der Waals surface area contributed by atoms with E-state index in [1.54, 1.807) is 20.4 Å². The van der Waals surface area contributed by atoms with Gasteiger partial charge < -0.3 is 19.6 Å². The monoisotopic (exact) mass is 454 g/mol. The highest BCUT2D eigenvalue weighted by Gasteiger charge is 2.10. The zero-order valence-electron chi connectivity index (χ0n) is 14.7. The molecule has 2 aromatic carbocycles. The van der Waals surface area contributed by atoms with Crippen LogP contribution < -0.4 is 19.6 Å². The van der Waals surface area contributed by atoms with Crippen LogP contribution in [0.5, 0.6) is 17.2 Å². The average Bonchev–Trinajstić information content (AvgIpc) is 2.64. The lowest BCUT2D eigenvalue weighted by atomic mass is 10.2. The van der Waals surface area contributed by atoms with Crippen LogP contribution in [0.2, 0.25) is 0 Å². The number of hydrogen-bond acceptors (Lipinski definition) is 5. The number of benzene rings is 2. The van der Waals surface area contributed by atoms with Crippen molar-refractivity contribution in [3.8, 4) is 17.2 Å². The van der Waals surface area contributed by atoms with Gasteiger partial charge in [0.1, 0.15) is 5.75 Å².